The third-order valence-electron chi connectivity index (χ3n) is 6.40. The van der Waals surface area contributed by atoms with Crippen molar-refractivity contribution in [1.82, 2.24) is 10.6 Å². The summed E-state index contributed by atoms with van der Waals surface area (Å²) in [4.78, 5) is 45.1. The highest BCUT2D eigenvalue weighted by Gasteiger charge is 2.35. The standard InChI is InChI=1S/C30H28F4N4O3/c1-19(35-25(39)18-20-9-7-12-22(31)17-20)28(40)37-27-29(41)38(16-8-15-30(32,33)34)24-14-6-5-13-23(24)26(36-27)21-10-3-2-4-11-21/h2-7,9-14,17,19,27H,8,15-16,18H2,1H3,(H,35,39)(H,37,40)/t19-,27?/m0/s1. The Morgan fingerprint density at radius 1 is 1.00 bits per heavy atom. The van der Waals surface area contributed by atoms with E-state index in [2.05, 4.69) is 15.6 Å². The van der Waals surface area contributed by atoms with Gasteiger partial charge in [-0.15, -0.1) is 0 Å². The van der Waals surface area contributed by atoms with Crippen molar-refractivity contribution in [3.05, 3.63) is 101 Å². The Hall–Kier alpha value is -4.54. The zero-order valence-corrected chi connectivity index (χ0v) is 22.1. The van der Waals surface area contributed by atoms with Crippen LogP contribution in [0.15, 0.2) is 83.9 Å². The minimum atomic E-state index is -4.40. The van der Waals surface area contributed by atoms with Gasteiger partial charge in [0, 0.05) is 24.1 Å². The van der Waals surface area contributed by atoms with Crippen molar-refractivity contribution in [2.24, 2.45) is 4.99 Å². The third kappa shape index (κ3) is 7.77. The van der Waals surface area contributed by atoms with Crippen molar-refractivity contribution in [2.75, 3.05) is 11.4 Å². The largest absolute Gasteiger partial charge is 0.389 e. The first-order chi connectivity index (χ1) is 19.5. The summed E-state index contributed by atoms with van der Waals surface area (Å²) in [6, 6.07) is 20.0. The molecule has 3 aromatic rings. The van der Waals surface area contributed by atoms with Crippen molar-refractivity contribution in [3.8, 4) is 0 Å². The first-order valence-electron chi connectivity index (χ1n) is 13.0. The number of alkyl halides is 3. The second-order valence-corrected chi connectivity index (χ2v) is 9.58. The molecule has 1 aliphatic heterocycles. The quantitative estimate of drug-likeness (QED) is 0.372. The Bertz CT molecular complexity index is 1440. The van der Waals surface area contributed by atoms with Crippen molar-refractivity contribution in [1.29, 1.82) is 0 Å². The number of halogens is 4. The minimum absolute atomic E-state index is 0.170. The Morgan fingerprint density at radius 3 is 2.41 bits per heavy atom. The van der Waals surface area contributed by atoms with Gasteiger partial charge < -0.3 is 15.5 Å². The molecule has 0 radical (unpaired) electrons. The first kappa shape index (κ1) is 29.4. The lowest BCUT2D eigenvalue weighted by molar-refractivity contribution is -0.135. The summed E-state index contributed by atoms with van der Waals surface area (Å²) in [5.74, 6) is -2.48. The van der Waals surface area contributed by atoms with Crippen LogP contribution in [-0.4, -0.2) is 48.4 Å². The maximum atomic E-state index is 13.7. The Kier molecular flexibility index (Phi) is 9.16. The van der Waals surface area contributed by atoms with Gasteiger partial charge in [-0.2, -0.15) is 13.2 Å². The molecule has 0 fully saturated rings. The molecule has 0 saturated carbocycles. The van der Waals surface area contributed by atoms with Crippen LogP contribution in [0.25, 0.3) is 0 Å². The summed E-state index contributed by atoms with van der Waals surface area (Å²) in [5, 5.41) is 5.06. The van der Waals surface area contributed by atoms with Gasteiger partial charge in [-0.25, -0.2) is 9.38 Å². The Balaban J connectivity index is 1.59. The second kappa shape index (κ2) is 12.8. The zero-order valence-electron chi connectivity index (χ0n) is 22.1. The van der Waals surface area contributed by atoms with Gasteiger partial charge in [0.05, 0.1) is 17.8 Å². The lowest BCUT2D eigenvalue weighted by Gasteiger charge is -2.26. The van der Waals surface area contributed by atoms with E-state index < -0.39 is 48.3 Å². The molecule has 0 saturated heterocycles. The van der Waals surface area contributed by atoms with E-state index in [0.29, 0.717) is 28.1 Å². The van der Waals surface area contributed by atoms with Gasteiger partial charge >= 0.3 is 6.18 Å². The number of anilines is 1. The predicted molar refractivity (Wildman–Crippen MR) is 146 cm³/mol. The monoisotopic (exact) mass is 568 g/mol. The summed E-state index contributed by atoms with van der Waals surface area (Å²) < 4.78 is 52.2. The average Bonchev–Trinajstić information content (AvgIpc) is 3.03. The van der Waals surface area contributed by atoms with E-state index >= 15 is 0 Å². The van der Waals surface area contributed by atoms with E-state index in [4.69, 9.17) is 0 Å². The lowest BCUT2D eigenvalue weighted by Crippen LogP contribution is -2.53. The molecule has 0 spiro atoms. The summed E-state index contributed by atoms with van der Waals surface area (Å²) >= 11 is 0. The smallest absolute Gasteiger partial charge is 0.344 e. The molecule has 3 amide bonds. The number of fused-ring (bicyclic) bond motifs is 1. The zero-order chi connectivity index (χ0) is 29.6. The van der Waals surface area contributed by atoms with Crippen LogP contribution in [-0.2, 0) is 20.8 Å². The number of hydrogen-bond donors (Lipinski definition) is 2. The van der Waals surface area contributed by atoms with Crippen molar-refractivity contribution in [2.45, 2.75) is 44.6 Å². The number of carbonyl (C=O) groups excluding carboxylic acids is 3. The Morgan fingerprint density at radius 2 is 1.71 bits per heavy atom. The van der Waals surface area contributed by atoms with Gasteiger partial charge in [-0.1, -0.05) is 60.7 Å². The van der Waals surface area contributed by atoms with E-state index in [9.17, 15) is 31.9 Å². The van der Waals surface area contributed by atoms with Crippen molar-refractivity contribution in [3.63, 3.8) is 0 Å². The predicted octanol–water partition coefficient (Wildman–Crippen LogP) is 4.54. The topological polar surface area (TPSA) is 90.9 Å². The summed E-state index contributed by atoms with van der Waals surface area (Å²) in [7, 11) is 0. The number of nitrogens with one attached hydrogen (secondary N) is 2. The van der Waals surface area contributed by atoms with Crippen LogP contribution in [0.1, 0.15) is 36.5 Å². The maximum Gasteiger partial charge on any atom is 0.389 e. The molecule has 1 heterocycles. The highest BCUT2D eigenvalue weighted by Crippen LogP contribution is 2.30. The number of nitrogens with zero attached hydrogens (tertiary/aromatic N) is 2. The van der Waals surface area contributed by atoms with Crippen LogP contribution in [0.5, 0.6) is 0 Å². The molecule has 0 bridgehead atoms. The molecule has 7 nitrogen and oxygen atoms in total. The molecule has 41 heavy (non-hydrogen) atoms. The number of rotatable bonds is 9. The highest BCUT2D eigenvalue weighted by molar-refractivity contribution is 6.20. The van der Waals surface area contributed by atoms with Crippen LogP contribution in [0.3, 0.4) is 0 Å². The molecule has 0 aromatic heterocycles. The molecular weight excluding hydrogens is 540 g/mol. The van der Waals surface area contributed by atoms with E-state index in [0.717, 1.165) is 0 Å². The molecule has 1 unspecified atom stereocenters. The van der Waals surface area contributed by atoms with Gasteiger partial charge in [-0.3, -0.25) is 14.4 Å². The third-order valence-corrected chi connectivity index (χ3v) is 6.40. The van der Waals surface area contributed by atoms with Gasteiger partial charge in [0.2, 0.25) is 18.0 Å². The lowest BCUT2D eigenvalue weighted by atomic mass is 10.00. The van der Waals surface area contributed by atoms with Gasteiger partial charge in [0.1, 0.15) is 11.9 Å². The van der Waals surface area contributed by atoms with Gasteiger partial charge in [0.15, 0.2) is 0 Å². The fourth-order valence-electron chi connectivity index (χ4n) is 4.47. The number of aliphatic imine (C=N–C) groups is 1. The SMILES string of the molecule is C[C@H](NC(=O)Cc1cccc(F)c1)C(=O)NC1N=C(c2ccccc2)c2ccccc2N(CCCC(F)(F)F)C1=O. The van der Waals surface area contributed by atoms with E-state index in [1.807, 2.05) is 0 Å². The number of hydrogen-bond acceptors (Lipinski definition) is 4. The van der Waals surface area contributed by atoms with Gasteiger partial charge in [0.25, 0.3) is 5.91 Å². The summed E-state index contributed by atoms with van der Waals surface area (Å²) in [6.07, 6.45) is -7.48. The van der Waals surface area contributed by atoms with Gasteiger partial charge in [-0.05, 0) is 37.1 Å². The molecule has 214 valence electrons. The molecular formula is C30H28F4N4O3. The number of benzene rings is 3. The number of carbonyl (C=O) groups is 3. The summed E-state index contributed by atoms with van der Waals surface area (Å²) in [5.41, 5.74) is 2.32. The van der Waals surface area contributed by atoms with Crippen molar-refractivity contribution >= 4 is 29.1 Å². The molecule has 2 N–H and O–H groups in total. The van der Waals surface area contributed by atoms with E-state index in [1.165, 1.54) is 30.0 Å². The fraction of sp³-hybridized carbons (Fsp3) is 0.267. The fourth-order valence-corrected chi connectivity index (χ4v) is 4.47. The number of benzodiazepines with no additional fused rings is 1. The van der Waals surface area contributed by atoms with Crippen LogP contribution < -0.4 is 15.5 Å². The minimum Gasteiger partial charge on any atom is -0.344 e. The molecule has 4 rings (SSSR count). The number of para-hydroxylation sites is 1. The average molecular weight is 569 g/mol. The van der Waals surface area contributed by atoms with Crippen LogP contribution in [0.4, 0.5) is 23.2 Å². The highest BCUT2D eigenvalue weighted by atomic mass is 19.4. The molecule has 1 aliphatic rings. The van der Waals surface area contributed by atoms with Crippen LogP contribution >= 0.6 is 0 Å². The Labute approximate surface area is 234 Å². The number of amides is 3. The normalized spacial score (nSPS) is 15.8. The second-order valence-electron chi connectivity index (χ2n) is 9.58. The van der Waals surface area contributed by atoms with E-state index in [-0.39, 0.29) is 19.4 Å². The summed E-state index contributed by atoms with van der Waals surface area (Å²) in [6.45, 7) is 1.16. The maximum absolute atomic E-state index is 13.7. The van der Waals surface area contributed by atoms with Crippen LogP contribution in [0.2, 0.25) is 0 Å². The van der Waals surface area contributed by atoms with E-state index in [1.54, 1.807) is 60.7 Å². The van der Waals surface area contributed by atoms with Crippen LogP contribution in [0, 0.1) is 5.82 Å². The van der Waals surface area contributed by atoms with Crippen molar-refractivity contribution < 1.29 is 31.9 Å². The molecule has 3 aromatic carbocycles. The molecule has 2 atom stereocenters. The molecule has 0 aliphatic carbocycles. The first-order valence-corrected chi connectivity index (χ1v) is 13.0. The molecule has 11 heteroatoms.